The molecule has 0 spiro atoms. The number of rotatable bonds is 5. The zero-order chi connectivity index (χ0) is 12.1. The highest BCUT2D eigenvalue weighted by atomic mass is 79.9. The Morgan fingerprint density at radius 3 is 2.50 bits per heavy atom. The van der Waals surface area contributed by atoms with Crippen LogP contribution in [0, 0.1) is 0 Å². The van der Waals surface area contributed by atoms with Crippen LogP contribution >= 0.6 is 15.9 Å². The molecule has 0 aromatic heterocycles. The minimum absolute atomic E-state index is 0.00551. The van der Waals surface area contributed by atoms with Crippen molar-refractivity contribution in [3.05, 3.63) is 34.3 Å². The molecule has 2 atom stereocenters. The number of aliphatic carboxylic acids is 1. The lowest BCUT2D eigenvalue weighted by Crippen LogP contribution is -2.22. The zero-order valence-corrected chi connectivity index (χ0v) is 10.1. The predicted octanol–water partition coefficient (Wildman–Crippen LogP) is 1.36. The van der Waals surface area contributed by atoms with Crippen molar-refractivity contribution in [2.45, 2.75) is 18.4 Å². The Bertz CT molecular complexity index is 367. The zero-order valence-electron chi connectivity index (χ0n) is 8.51. The summed E-state index contributed by atoms with van der Waals surface area (Å²) in [5.41, 5.74) is 0.600. The van der Waals surface area contributed by atoms with Crippen LogP contribution in [0.3, 0.4) is 0 Å². The molecule has 1 aromatic carbocycles. The number of aliphatic hydroxyl groups is 2. The minimum atomic E-state index is -1.02. The first-order valence-electron chi connectivity index (χ1n) is 4.82. The van der Waals surface area contributed by atoms with Crippen molar-refractivity contribution >= 4 is 21.9 Å². The van der Waals surface area contributed by atoms with Crippen molar-refractivity contribution in [1.82, 2.24) is 0 Å². The number of hydrogen-bond donors (Lipinski definition) is 3. The summed E-state index contributed by atoms with van der Waals surface area (Å²) >= 11 is 3.27. The van der Waals surface area contributed by atoms with Gasteiger partial charge >= 0.3 is 5.97 Å². The lowest BCUT2D eigenvalue weighted by atomic mass is 9.93. The second-order valence-corrected chi connectivity index (χ2v) is 4.34. The van der Waals surface area contributed by atoms with Gasteiger partial charge in [-0.2, -0.15) is 0 Å². The SMILES string of the molecule is O=C(O)C(CC(O)CO)c1ccccc1Br. The predicted molar refractivity (Wildman–Crippen MR) is 62.2 cm³/mol. The standard InChI is InChI=1S/C11H13BrO4/c12-10-4-2-1-3-8(10)9(11(15)16)5-7(14)6-13/h1-4,7,9,13-14H,5-6H2,(H,15,16). The van der Waals surface area contributed by atoms with E-state index in [0.29, 0.717) is 10.0 Å². The van der Waals surface area contributed by atoms with Gasteiger partial charge in [0.2, 0.25) is 0 Å². The van der Waals surface area contributed by atoms with Gasteiger partial charge in [-0.25, -0.2) is 0 Å². The maximum absolute atomic E-state index is 11.1. The molecule has 16 heavy (non-hydrogen) atoms. The first-order valence-corrected chi connectivity index (χ1v) is 5.61. The highest BCUT2D eigenvalue weighted by Crippen LogP contribution is 2.28. The fraction of sp³-hybridized carbons (Fsp3) is 0.364. The maximum atomic E-state index is 11.1. The third kappa shape index (κ3) is 3.30. The van der Waals surface area contributed by atoms with E-state index in [1.54, 1.807) is 24.3 Å². The molecule has 0 saturated heterocycles. The molecule has 5 heteroatoms. The number of carboxylic acids is 1. The van der Waals surface area contributed by atoms with Gasteiger partial charge in [0.25, 0.3) is 0 Å². The Morgan fingerprint density at radius 2 is 2.00 bits per heavy atom. The van der Waals surface area contributed by atoms with Crippen molar-refractivity contribution in [2.75, 3.05) is 6.61 Å². The van der Waals surface area contributed by atoms with E-state index >= 15 is 0 Å². The van der Waals surface area contributed by atoms with Crippen molar-refractivity contribution < 1.29 is 20.1 Å². The van der Waals surface area contributed by atoms with Gasteiger partial charge in [-0.05, 0) is 18.1 Å². The quantitative estimate of drug-likeness (QED) is 0.765. The molecule has 0 heterocycles. The number of halogens is 1. The summed E-state index contributed by atoms with van der Waals surface area (Å²) in [7, 11) is 0. The van der Waals surface area contributed by atoms with E-state index in [4.69, 9.17) is 10.2 Å². The van der Waals surface area contributed by atoms with Gasteiger partial charge in [0.05, 0.1) is 18.6 Å². The van der Waals surface area contributed by atoms with Crippen LogP contribution in [0.15, 0.2) is 28.7 Å². The number of carboxylic acid groups (broad SMARTS) is 1. The molecule has 1 aromatic rings. The van der Waals surface area contributed by atoms with Crippen LogP contribution < -0.4 is 0 Å². The fourth-order valence-electron chi connectivity index (χ4n) is 1.47. The van der Waals surface area contributed by atoms with Gasteiger partial charge in [-0.1, -0.05) is 34.1 Å². The third-order valence-corrected chi connectivity index (χ3v) is 3.02. The molecular formula is C11H13BrO4. The number of benzene rings is 1. The van der Waals surface area contributed by atoms with E-state index in [1.165, 1.54) is 0 Å². The Balaban J connectivity index is 2.94. The molecule has 1 rings (SSSR count). The molecule has 0 amide bonds. The van der Waals surface area contributed by atoms with Crippen LogP contribution in [-0.4, -0.2) is 34.0 Å². The van der Waals surface area contributed by atoms with Gasteiger partial charge in [-0.15, -0.1) is 0 Å². The lowest BCUT2D eigenvalue weighted by molar-refractivity contribution is -0.139. The highest BCUT2D eigenvalue weighted by molar-refractivity contribution is 9.10. The van der Waals surface area contributed by atoms with Gasteiger partial charge in [0, 0.05) is 4.47 Å². The third-order valence-electron chi connectivity index (χ3n) is 2.30. The van der Waals surface area contributed by atoms with Crippen molar-refractivity contribution in [1.29, 1.82) is 0 Å². The Hall–Kier alpha value is -0.910. The van der Waals surface area contributed by atoms with Gasteiger partial charge < -0.3 is 15.3 Å². The second-order valence-electron chi connectivity index (χ2n) is 3.48. The van der Waals surface area contributed by atoms with Crippen molar-refractivity contribution in [2.24, 2.45) is 0 Å². The Kier molecular flexibility index (Phi) is 4.92. The summed E-state index contributed by atoms with van der Waals surface area (Å²) in [6.07, 6.45) is -1.03. The minimum Gasteiger partial charge on any atom is -0.481 e. The van der Waals surface area contributed by atoms with Crippen LogP contribution in [0.2, 0.25) is 0 Å². The van der Waals surface area contributed by atoms with Crippen molar-refractivity contribution in [3.8, 4) is 0 Å². The maximum Gasteiger partial charge on any atom is 0.311 e. The van der Waals surface area contributed by atoms with Gasteiger partial charge in [0.15, 0.2) is 0 Å². The molecule has 4 nitrogen and oxygen atoms in total. The normalized spacial score (nSPS) is 14.4. The summed E-state index contributed by atoms with van der Waals surface area (Å²) in [4.78, 5) is 11.1. The smallest absolute Gasteiger partial charge is 0.311 e. The Labute approximate surface area is 102 Å². The first-order chi connectivity index (χ1) is 7.56. The van der Waals surface area contributed by atoms with Crippen LogP contribution in [0.1, 0.15) is 17.9 Å². The first kappa shape index (κ1) is 13.2. The van der Waals surface area contributed by atoms with Crippen molar-refractivity contribution in [3.63, 3.8) is 0 Å². The molecule has 0 aliphatic heterocycles. The lowest BCUT2D eigenvalue weighted by Gasteiger charge is -2.16. The molecule has 3 N–H and O–H groups in total. The van der Waals surface area contributed by atoms with E-state index in [-0.39, 0.29) is 6.42 Å². The summed E-state index contributed by atoms with van der Waals surface area (Å²) in [6, 6.07) is 6.96. The highest BCUT2D eigenvalue weighted by Gasteiger charge is 2.24. The van der Waals surface area contributed by atoms with E-state index in [9.17, 15) is 9.90 Å². The summed E-state index contributed by atoms with van der Waals surface area (Å²) < 4.78 is 0.688. The molecule has 0 fully saturated rings. The molecule has 0 saturated carbocycles. The largest absolute Gasteiger partial charge is 0.481 e. The molecule has 0 aliphatic carbocycles. The Morgan fingerprint density at radius 1 is 1.38 bits per heavy atom. The average molecular weight is 289 g/mol. The van der Waals surface area contributed by atoms with Gasteiger partial charge in [-0.3, -0.25) is 4.79 Å². The van der Waals surface area contributed by atoms with Crippen LogP contribution in [0.4, 0.5) is 0 Å². The molecule has 0 bridgehead atoms. The fourth-order valence-corrected chi connectivity index (χ4v) is 2.03. The molecule has 88 valence electrons. The number of carbonyl (C=O) groups is 1. The average Bonchev–Trinajstić information content (AvgIpc) is 2.26. The summed E-state index contributed by atoms with van der Waals surface area (Å²) in [5, 5.41) is 27.1. The van der Waals surface area contributed by atoms with Gasteiger partial charge in [0.1, 0.15) is 0 Å². The second kappa shape index (κ2) is 5.98. The van der Waals surface area contributed by atoms with E-state index in [2.05, 4.69) is 15.9 Å². The number of hydrogen-bond acceptors (Lipinski definition) is 3. The van der Waals surface area contributed by atoms with Crippen LogP contribution in [0.25, 0.3) is 0 Å². The van der Waals surface area contributed by atoms with Crippen LogP contribution in [0.5, 0.6) is 0 Å². The molecular weight excluding hydrogens is 276 g/mol. The van der Waals surface area contributed by atoms with E-state index in [0.717, 1.165) is 0 Å². The molecule has 2 unspecified atom stereocenters. The van der Waals surface area contributed by atoms with E-state index in [1.807, 2.05) is 0 Å². The molecule has 0 aliphatic rings. The summed E-state index contributed by atoms with van der Waals surface area (Å²) in [5.74, 6) is -1.84. The number of aliphatic hydroxyl groups excluding tert-OH is 2. The monoisotopic (exact) mass is 288 g/mol. The molecule has 0 radical (unpaired) electrons. The van der Waals surface area contributed by atoms with Crippen LogP contribution in [-0.2, 0) is 4.79 Å². The topological polar surface area (TPSA) is 77.8 Å². The summed E-state index contributed by atoms with van der Waals surface area (Å²) in [6.45, 7) is -0.436. The van der Waals surface area contributed by atoms with E-state index < -0.39 is 24.6 Å².